The van der Waals surface area contributed by atoms with Crippen LogP contribution in [-0.4, -0.2) is 28.1 Å². The highest BCUT2D eigenvalue weighted by molar-refractivity contribution is 9.10. The lowest BCUT2D eigenvalue weighted by Gasteiger charge is -2.25. The molecule has 1 aromatic carbocycles. The van der Waals surface area contributed by atoms with Crippen molar-refractivity contribution in [2.75, 3.05) is 6.54 Å². The molecule has 2 rings (SSSR count). The summed E-state index contributed by atoms with van der Waals surface area (Å²) in [4.78, 5) is 23.9. The van der Waals surface area contributed by atoms with Crippen LogP contribution in [0.5, 0.6) is 0 Å². The van der Waals surface area contributed by atoms with Crippen LogP contribution < -0.4 is 5.32 Å². The molecule has 0 fully saturated rings. The minimum absolute atomic E-state index is 0.00792. The summed E-state index contributed by atoms with van der Waals surface area (Å²) >= 11 is 3.31. The van der Waals surface area contributed by atoms with Crippen molar-refractivity contribution in [1.82, 2.24) is 9.88 Å². The van der Waals surface area contributed by atoms with Crippen LogP contribution in [0.15, 0.2) is 47.1 Å². The topological polar surface area (TPSA) is 71.3 Å². The number of aliphatic carboxylic acids is 1. The van der Waals surface area contributed by atoms with Crippen LogP contribution in [0, 0.1) is 0 Å². The van der Waals surface area contributed by atoms with E-state index >= 15 is 0 Å². The second-order valence-electron chi connectivity index (χ2n) is 5.34. The Morgan fingerprint density at radius 3 is 2.45 bits per heavy atom. The summed E-state index contributed by atoms with van der Waals surface area (Å²) in [6.45, 7) is 1.61. The van der Waals surface area contributed by atoms with E-state index in [-0.39, 0.29) is 12.5 Å². The Labute approximate surface area is 137 Å². The second kappa shape index (κ2) is 6.36. The minimum Gasteiger partial charge on any atom is -0.481 e. The predicted molar refractivity (Wildman–Crippen MR) is 86.9 cm³/mol. The lowest BCUT2D eigenvalue weighted by molar-refractivity contribution is -0.142. The third-order valence-electron chi connectivity index (χ3n) is 3.69. The Bertz CT molecular complexity index is 697. The lowest BCUT2D eigenvalue weighted by Crippen LogP contribution is -2.44. The molecule has 0 bridgehead atoms. The second-order valence-corrected chi connectivity index (χ2v) is 6.26. The van der Waals surface area contributed by atoms with E-state index in [1.807, 2.05) is 6.07 Å². The maximum Gasteiger partial charge on any atom is 0.315 e. The molecule has 2 N–H and O–H groups in total. The van der Waals surface area contributed by atoms with E-state index in [0.717, 1.165) is 4.47 Å². The summed E-state index contributed by atoms with van der Waals surface area (Å²) in [7, 11) is 1.76. The molecule has 0 saturated heterocycles. The summed E-state index contributed by atoms with van der Waals surface area (Å²) in [6.07, 6.45) is 1.77. The fourth-order valence-corrected chi connectivity index (χ4v) is 2.73. The highest BCUT2D eigenvalue weighted by atomic mass is 79.9. The van der Waals surface area contributed by atoms with Crippen molar-refractivity contribution < 1.29 is 14.7 Å². The molecule has 0 aliphatic carbocycles. The molecule has 1 amide bonds. The van der Waals surface area contributed by atoms with Crippen molar-refractivity contribution in [3.8, 4) is 0 Å². The quantitative estimate of drug-likeness (QED) is 0.856. The molecule has 0 saturated carbocycles. The van der Waals surface area contributed by atoms with Gasteiger partial charge in [0.1, 0.15) is 11.1 Å². The number of hydrogen-bond donors (Lipinski definition) is 2. The lowest BCUT2D eigenvalue weighted by atomic mass is 9.82. The van der Waals surface area contributed by atoms with Crippen LogP contribution in [0.2, 0.25) is 0 Å². The van der Waals surface area contributed by atoms with Crippen LogP contribution >= 0.6 is 15.9 Å². The molecule has 1 heterocycles. The number of carboxylic acid groups (broad SMARTS) is 1. The summed E-state index contributed by atoms with van der Waals surface area (Å²) in [5.74, 6) is -1.29. The van der Waals surface area contributed by atoms with Crippen molar-refractivity contribution in [3.05, 3.63) is 58.3 Å². The number of rotatable bonds is 5. The Morgan fingerprint density at radius 1 is 1.32 bits per heavy atom. The van der Waals surface area contributed by atoms with E-state index in [4.69, 9.17) is 0 Å². The number of amides is 1. The molecule has 1 atom stereocenters. The van der Waals surface area contributed by atoms with Gasteiger partial charge in [0.05, 0.1) is 0 Å². The summed E-state index contributed by atoms with van der Waals surface area (Å²) < 4.78 is 2.48. The number of aryl methyl sites for hydroxylation is 1. The number of benzene rings is 1. The van der Waals surface area contributed by atoms with Gasteiger partial charge >= 0.3 is 5.97 Å². The number of hydrogen-bond acceptors (Lipinski definition) is 2. The van der Waals surface area contributed by atoms with E-state index in [1.165, 1.54) is 0 Å². The van der Waals surface area contributed by atoms with Gasteiger partial charge in [-0.2, -0.15) is 0 Å². The highest BCUT2D eigenvalue weighted by Crippen LogP contribution is 2.23. The average molecular weight is 365 g/mol. The molecule has 22 heavy (non-hydrogen) atoms. The van der Waals surface area contributed by atoms with E-state index in [2.05, 4.69) is 21.2 Å². The van der Waals surface area contributed by atoms with Crippen molar-refractivity contribution in [3.63, 3.8) is 0 Å². The maximum atomic E-state index is 12.2. The van der Waals surface area contributed by atoms with E-state index < -0.39 is 11.4 Å². The van der Waals surface area contributed by atoms with Gasteiger partial charge in [-0.1, -0.05) is 30.3 Å². The van der Waals surface area contributed by atoms with E-state index in [1.54, 1.807) is 55.1 Å². The summed E-state index contributed by atoms with van der Waals surface area (Å²) in [6, 6.07) is 10.6. The number of halogens is 1. The number of carbonyl (C=O) groups is 2. The first kappa shape index (κ1) is 16.3. The van der Waals surface area contributed by atoms with E-state index in [0.29, 0.717) is 11.3 Å². The van der Waals surface area contributed by atoms with Gasteiger partial charge < -0.3 is 15.0 Å². The summed E-state index contributed by atoms with van der Waals surface area (Å²) in [5, 5.41) is 12.3. The van der Waals surface area contributed by atoms with Crippen molar-refractivity contribution >= 4 is 27.8 Å². The molecule has 0 spiro atoms. The Kier molecular flexibility index (Phi) is 4.71. The van der Waals surface area contributed by atoms with Gasteiger partial charge in [0.2, 0.25) is 0 Å². The van der Waals surface area contributed by atoms with Gasteiger partial charge in [0, 0.05) is 24.3 Å². The smallest absolute Gasteiger partial charge is 0.315 e. The SMILES string of the molecule is Cn1cc(Br)cc1C(=O)NCC(C)(C(=O)O)c1ccccc1. The normalized spacial score (nSPS) is 13.4. The summed E-state index contributed by atoms with van der Waals surface area (Å²) in [5.41, 5.74) is -0.0668. The minimum atomic E-state index is -1.18. The van der Waals surface area contributed by atoms with Gasteiger partial charge in [-0.05, 0) is 34.5 Å². The van der Waals surface area contributed by atoms with Crippen LogP contribution in [0.4, 0.5) is 0 Å². The van der Waals surface area contributed by atoms with Crippen molar-refractivity contribution in [2.24, 2.45) is 7.05 Å². The standard InChI is InChI=1S/C16H17BrN2O3/c1-16(15(21)22,11-6-4-3-5-7-11)10-18-14(20)13-8-12(17)9-19(13)2/h3-9H,10H2,1-2H3,(H,18,20)(H,21,22). The zero-order valence-corrected chi connectivity index (χ0v) is 13.9. The first-order valence-corrected chi connectivity index (χ1v) is 7.53. The largest absolute Gasteiger partial charge is 0.481 e. The Morgan fingerprint density at radius 2 is 1.95 bits per heavy atom. The van der Waals surface area contributed by atoms with Crippen molar-refractivity contribution in [2.45, 2.75) is 12.3 Å². The molecule has 5 nitrogen and oxygen atoms in total. The number of carboxylic acids is 1. The molecule has 1 aromatic heterocycles. The van der Waals surface area contributed by atoms with Gasteiger partial charge in [-0.15, -0.1) is 0 Å². The van der Waals surface area contributed by atoms with Gasteiger partial charge in [0.15, 0.2) is 0 Å². The third-order valence-corrected chi connectivity index (χ3v) is 4.12. The number of nitrogens with one attached hydrogen (secondary N) is 1. The first-order valence-electron chi connectivity index (χ1n) is 6.73. The molecule has 6 heteroatoms. The molecular weight excluding hydrogens is 348 g/mol. The molecule has 2 aromatic rings. The number of nitrogens with zero attached hydrogens (tertiary/aromatic N) is 1. The monoisotopic (exact) mass is 364 g/mol. The van der Waals surface area contributed by atoms with Crippen LogP contribution in [-0.2, 0) is 17.3 Å². The maximum absolute atomic E-state index is 12.2. The molecular formula is C16H17BrN2O3. The molecule has 0 radical (unpaired) electrons. The number of carbonyl (C=O) groups excluding carboxylic acids is 1. The Hall–Kier alpha value is -2.08. The molecule has 1 unspecified atom stereocenters. The van der Waals surface area contributed by atoms with Crippen molar-refractivity contribution in [1.29, 1.82) is 0 Å². The first-order chi connectivity index (χ1) is 10.3. The zero-order valence-electron chi connectivity index (χ0n) is 12.3. The fraction of sp³-hybridized carbons (Fsp3) is 0.250. The molecule has 116 valence electrons. The molecule has 0 aliphatic rings. The van der Waals surface area contributed by atoms with Gasteiger partial charge in [-0.3, -0.25) is 9.59 Å². The fourth-order valence-electron chi connectivity index (χ4n) is 2.20. The third kappa shape index (κ3) is 3.22. The highest BCUT2D eigenvalue weighted by Gasteiger charge is 2.35. The zero-order chi connectivity index (χ0) is 16.3. The van der Waals surface area contributed by atoms with Gasteiger partial charge in [-0.25, -0.2) is 0 Å². The van der Waals surface area contributed by atoms with Crippen LogP contribution in [0.1, 0.15) is 23.0 Å². The van der Waals surface area contributed by atoms with Gasteiger partial charge in [0.25, 0.3) is 5.91 Å². The Balaban J connectivity index is 2.18. The van der Waals surface area contributed by atoms with Crippen LogP contribution in [0.3, 0.4) is 0 Å². The average Bonchev–Trinajstić information content (AvgIpc) is 2.84. The number of aromatic nitrogens is 1. The molecule has 0 aliphatic heterocycles. The van der Waals surface area contributed by atoms with E-state index in [9.17, 15) is 14.7 Å². The van der Waals surface area contributed by atoms with Crippen LogP contribution in [0.25, 0.3) is 0 Å². The predicted octanol–water partition coefficient (Wildman–Crippen LogP) is 2.56.